The van der Waals surface area contributed by atoms with E-state index in [1.165, 1.54) is 30.4 Å². The second-order valence-electron chi connectivity index (χ2n) is 4.73. The van der Waals surface area contributed by atoms with Gasteiger partial charge in [0.25, 0.3) is 0 Å². The van der Waals surface area contributed by atoms with Crippen molar-refractivity contribution in [2.24, 2.45) is 0 Å². The van der Waals surface area contributed by atoms with Crippen molar-refractivity contribution in [1.82, 2.24) is 5.32 Å². The average molecular weight is 221 g/mol. The van der Waals surface area contributed by atoms with Crippen LogP contribution < -0.4 is 5.32 Å². The molecule has 1 aliphatic heterocycles. The van der Waals surface area contributed by atoms with Crippen molar-refractivity contribution >= 4 is 0 Å². The fourth-order valence-corrected chi connectivity index (χ4v) is 2.40. The zero-order valence-electron chi connectivity index (χ0n) is 10.1. The van der Waals surface area contributed by atoms with E-state index in [0.717, 1.165) is 12.1 Å². The molecule has 0 saturated carbocycles. The Bertz CT molecular complexity index is 354. The van der Waals surface area contributed by atoms with Crippen LogP contribution >= 0.6 is 0 Å². The van der Waals surface area contributed by atoms with E-state index in [2.05, 4.69) is 12.2 Å². The molecule has 1 aliphatic rings. The minimum atomic E-state index is -0.872. The highest BCUT2D eigenvalue weighted by Gasteiger charge is 2.17. The van der Waals surface area contributed by atoms with E-state index in [4.69, 9.17) is 0 Å². The van der Waals surface area contributed by atoms with Crippen LogP contribution in [-0.2, 0) is 0 Å². The minimum absolute atomic E-state index is 0.424. The van der Waals surface area contributed by atoms with Gasteiger partial charge in [-0.05, 0) is 49.9 Å². The summed E-state index contributed by atoms with van der Waals surface area (Å²) in [4.78, 5) is 0. The van der Waals surface area contributed by atoms with Gasteiger partial charge in [0.05, 0.1) is 0 Å². The zero-order chi connectivity index (χ0) is 11.5. The van der Waals surface area contributed by atoms with Crippen LogP contribution in [0, 0.1) is 6.92 Å². The number of hydrogen-bond donors (Lipinski definition) is 1. The van der Waals surface area contributed by atoms with Crippen molar-refractivity contribution < 1.29 is 4.39 Å². The lowest BCUT2D eigenvalue weighted by molar-refractivity contribution is 0.372. The summed E-state index contributed by atoms with van der Waals surface area (Å²) in [6.45, 7) is 4.79. The second-order valence-corrected chi connectivity index (χ2v) is 4.73. The van der Waals surface area contributed by atoms with Crippen molar-refractivity contribution in [3.8, 4) is 0 Å². The molecule has 0 radical (unpaired) electrons. The van der Waals surface area contributed by atoms with Gasteiger partial charge in [0.2, 0.25) is 0 Å². The van der Waals surface area contributed by atoms with Gasteiger partial charge in [-0.3, -0.25) is 0 Å². The largest absolute Gasteiger partial charge is 0.310 e. The highest BCUT2D eigenvalue weighted by molar-refractivity contribution is 5.34. The summed E-state index contributed by atoms with van der Waals surface area (Å²) in [6, 6.07) is 6.39. The van der Waals surface area contributed by atoms with E-state index in [-0.39, 0.29) is 0 Å². The predicted molar refractivity (Wildman–Crippen MR) is 65.3 cm³/mol. The molecule has 1 N–H and O–H groups in total. The standard InChI is InChI=1S/C14H20FN/c1-10-6-7-12(11(2)15)9-13(10)14-5-3-4-8-16-14/h6-7,9,11,14,16H,3-5,8H2,1-2H3. The Morgan fingerprint density at radius 3 is 2.81 bits per heavy atom. The normalized spacial score (nSPS) is 23.1. The Labute approximate surface area is 97.1 Å². The van der Waals surface area contributed by atoms with Gasteiger partial charge < -0.3 is 5.32 Å². The topological polar surface area (TPSA) is 12.0 Å². The molecule has 0 bridgehead atoms. The molecule has 2 unspecified atom stereocenters. The Kier molecular flexibility index (Phi) is 3.59. The molecule has 1 nitrogen and oxygen atoms in total. The molecule has 1 aromatic carbocycles. The summed E-state index contributed by atoms with van der Waals surface area (Å²) in [5.74, 6) is 0. The monoisotopic (exact) mass is 221 g/mol. The number of rotatable bonds is 2. The number of benzene rings is 1. The molecule has 0 aliphatic carbocycles. The van der Waals surface area contributed by atoms with Crippen molar-refractivity contribution in [3.63, 3.8) is 0 Å². The molecule has 2 rings (SSSR count). The lowest BCUT2D eigenvalue weighted by atomic mass is 9.92. The first kappa shape index (κ1) is 11.6. The molecule has 1 saturated heterocycles. The van der Waals surface area contributed by atoms with E-state index in [1.54, 1.807) is 6.92 Å². The number of halogens is 1. The SMILES string of the molecule is Cc1ccc(C(C)F)cc1C1CCCCN1. The zero-order valence-corrected chi connectivity index (χ0v) is 10.1. The van der Waals surface area contributed by atoms with Crippen LogP contribution in [0.5, 0.6) is 0 Å². The minimum Gasteiger partial charge on any atom is -0.310 e. The van der Waals surface area contributed by atoms with Crippen LogP contribution in [0.25, 0.3) is 0 Å². The number of piperidine rings is 1. The van der Waals surface area contributed by atoms with Crippen molar-refractivity contribution in [1.29, 1.82) is 0 Å². The fourth-order valence-electron chi connectivity index (χ4n) is 2.40. The molecule has 2 atom stereocenters. The Hall–Kier alpha value is -0.890. The van der Waals surface area contributed by atoms with Crippen LogP contribution in [0.2, 0.25) is 0 Å². The van der Waals surface area contributed by atoms with Crippen molar-refractivity contribution in [3.05, 3.63) is 34.9 Å². The molecule has 16 heavy (non-hydrogen) atoms. The molecule has 0 aromatic heterocycles. The van der Waals surface area contributed by atoms with Crippen LogP contribution in [0.1, 0.15) is 55.1 Å². The number of nitrogens with one attached hydrogen (secondary N) is 1. The second kappa shape index (κ2) is 4.96. The predicted octanol–water partition coefficient (Wildman–Crippen LogP) is 3.84. The summed E-state index contributed by atoms with van der Waals surface area (Å²) < 4.78 is 13.3. The van der Waals surface area contributed by atoms with Crippen LogP contribution in [0.4, 0.5) is 4.39 Å². The quantitative estimate of drug-likeness (QED) is 0.800. The van der Waals surface area contributed by atoms with Gasteiger partial charge in [0.15, 0.2) is 0 Å². The summed E-state index contributed by atoms with van der Waals surface area (Å²) in [6.07, 6.45) is 2.83. The maximum Gasteiger partial charge on any atom is 0.122 e. The Balaban J connectivity index is 2.27. The number of hydrogen-bond acceptors (Lipinski definition) is 1. The van der Waals surface area contributed by atoms with E-state index in [1.807, 2.05) is 18.2 Å². The van der Waals surface area contributed by atoms with E-state index in [9.17, 15) is 4.39 Å². The summed E-state index contributed by atoms with van der Waals surface area (Å²) in [5.41, 5.74) is 3.35. The fraction of sp³-hybridized carbons (Fsp3) is 0.571. The first-order valence-corrected chi connectivity index (χ1v) is 6.16. The molecule has 88 valence electrons. The van der Waals surface area contributed by atoms with Gasteiger partial charge in [-0.15, -0.1) is 0 Å². The maximum atomic E-state index is 13.3. The van der Waals surface area contributed by atoms with Gasteiger partial charge in [-0.2, -0.15) is 0 Å². The van der Waals surface area contributed by atoms with Crippen LogP contribution in [0.15, 0.2) is 18.2 Å². The third-order valence-corrected chi connectivity index (χ3v) is 3.45. The van der Waals surface area contributed by atoms with Crippen molar-refractivity contribution in [2.45, 2.75) is 45.3 Å². The molecular formula is C14H20FN. The first-order valence-electron chi connectivity index (χ1n) is 6.16. The summed E-state index contributed by atoms with van der Waals surface area (Å²) in [5, 5.41) is 3.52. The molecular weight excluding hydrogens is 201 g/mol. The highest BCUT2D eigenvalue weighted by Crippen LogP contribution is 2.28. The summed E-state index contributed by atoms with van der Waals surface area (Å²) >= 11 is 0. The Morgan fingerprint density at radius 2 is 2.19 bits per heavy atom. The molecule has 2 heteroatoms. The first-order chi connectivity index (χ1) is 7.68. The Morgan fingerprint density at radius 1 is 1.38 bits per heavy atom. The lowest BCUT2D eigenvalue weighted by Crippen LogP contribution is -2.27. The lowest BCUT2D eigenvalue weighted by Gasteiger charge is -2.26. The molecule has 1 heterocycles. The van der Waals surface area contributed by atoms with Gasteiger partial charge in [0.1, 0.15) is 6.17 Å². The third kappa shape index (κ3) is 2.43. The molecule has 0 spiro atoms. The highest BCUT2D eigenvalue weighted by atomic mass is 19.1. The molecule has 1 fully saturated rings. The van der Waals surface area contributed by atoms with Crippen molar-refractivity contribution in [2.75, 3.05) is 6.54 Å². The maximum absolute atomic E-state index is 13.3. The van der Waals surface area contributed by atoms with E-state index >= 15 is 0 Å². The van der Waals surface area contributed by atoms with Crippen LogP contribution in [-0.4, -0.2) is 6.54 Å². The van der Waals surface area contributed by atoms with Gasteiger partial charge in [-0.25, -0.2) is 4.39 Å². The number of alkyl halides is 1. The van der Waals surface area contributed by atoms with Gasteiger partial charge >= 0.3 is 0 Å². The number of aryl methyl sites for hydroxylation is 1. The molecule has 0 amide bonds. The van der Waals surface area contributed by atoms with Crippen LogP contribution in [0.3, 0.4) is 0 Å². The third-order valence-electron chi connectivity index (χ3n) is 3.45. The van der Waals surface area contributed by atoms with Gasteiger partial charge in [0, 0.05) is 6.04 Å². The molecule has 1 aromatic rings. The smallest absolute Gasteiger partial charge is 0.122 e. The van der Waals surface area contributed by atoms with E-state index < -0.39 is 6.17 Å². The van der Waals surface area contributed by atoms with E-state index in [0.29, 0.717) is 6.04 Å². The summed E-state index contributed by atoms with van der Waals surface area (Å²) in [7, 11) is 0. The average Bonchev–Trinajstić information content (AvgIpc) is 2.30. The van der Waals surface area contributed by atoms with Gasteiger partial charge in [-0.1, -0.05) is 24.6 Å².